The molecule has 2 bridgehead atoms. The fourth-order valence-electron chi connectivity index (χ4n) is 5.67. The normalized spacial score (nSPS) is 20.2. The number of nitrogens with one attached hydrogen (secondary N) is 1. The zero-order chi connectivity index (χ0) is 26.6. The number of nitrogens with zero attached hydrogens (tertiary/aromatic N) is 6. The minimum Gasteiger partial charge on any atom is -0.383 e. The third kappa shape index (κ3) is 4.10. The number of rotatable bonds is 5. The van der Waals surface area contributed by atoms with Gasteiger partial charge < -0.3 is 16.0 Å². The van der Waals surface area contributed by atoms with Gasteiger partial charge in [0.1, 0.15) is 17.3 Å². The van der Waals surface area contributed by atoms with Crippen molar-refractivity contribution in [3.05, 3.63) is 70.2 Å². The van der Waals surface area contributed by atoms with Gasteiger partial charge in [-0.15, -0.1) is 0 Å². The van der Waals surface area contributed by atoms with Crippen molar-refractivity contribution in [1.82, 2.24) is 29.6 Å². The van der Waals surface area contributed by atoms with E-state index in [9.17, 15) is 9.59 Å². The number of aromatic nitrogens is 5. The van der Waals surface area contributed by atoms with Crippen molar-refractivity contribution in [3.63, 3.8) is 0 Å². The van der Waals surface area contributed by atoms with E-state index in [1.165, 1.54) is 6.08 Å². The average molecular weight is 620 g/mol. The molecular weight excluding hydrogens is 595 g/mol. The van der Waals surface area contributed by atoms with Crippen LogP contribution >= 0.6 is 22.6 Å². The van der Waals surface area contributed by atoms with E-state index in [4.69, 9.17) is 15.8 Å². The number of piperidine rings is 1. The third-order valence-electron chi connectivity index (χ3n) is 7.43. The quantitative estimate of drug-likeness (QED) is 0.196. The Morgan fingerprint density at radius 2 is 1.92 bits per heavy atom. The van der Waals surface area contributed by atoms with Crippen molar-refractivity contribution < 1.29 is 9.59 Å². The van der Waals surface area contributed by atoms with Crippen LogP contribution in [0.15, 0.2) is 55.3 Å². The van der Waals surface area contributed by atoms with E-state index in [1.807, 2.05) is 40.8 Å². The molecule has 11 heteroatoms. The Morgan fingerprint density at radius 3 is 2.63 bits per heavy atom. The molecule has 3 atom stereocenters. The molecule has 1 saturated heterocycles. The fourth-order valence-corrected chi connectivity index (χ4v) is 6.16. The number of carbonyl (C=O) groups is 2. The molecule has 0 radical (unpaired) electrons. The summed E-state index contributed by atoms with van der Waals surface area (Å²) in [5.74, 6) is 0.976. The van der Waals surface area contributed by atoms with Crippen LogP contribution in [0.2, 0.25) is 0 Å². The first-order chi connectivity index (χ1) is 18.3. The van der Waals surface area contributed by atoms with Crippen LogP contribution in [-0.2, 0) is 4.79 Å². The molecule has 6 rings (SSSR count). The van der Waals surface area contributed by atoms with E-state index in [-0.39, 0.29) is 23.9 Å². The molecule has 3 aromatic heterocycles. The first-order valence-electron chi connectivity index (χ1n) is 12.3. The molecule has 0 spiro atoms. The van der Waals surface area contributed by atoms with Crippen molar-refractivity contribution in [2.24, 2.45) is 5.92 Å². The number of halogens is 1. The van der Waals surface area contributed by atoms with Crippen LogP contribution in [0.4, 0.5) is 11.6 Å². The molecule has 1 aromatic carbocycles. The number of nitrogens with two attached hydrogens (primary N) is 1. The number of likely N-dealkylation sites (tertiary alicyclic amines) is 1. The second-order valence-corrected chi connectivity index (χ2v) is 10.7. The summed E-state index contributed by atoms with van der Waals surface area (Å²) in [5.41, 5.74) is 9.86. The summed E-state index contributed by atoms with van der Waals surface area (Å²) in [6.07, 6.45) is 4.86. The number of benzene rings is 1. The highest BCUT2D eigenvalue weighted by molar-refractivity contribution is 14.1. The number of amides is 2. The Bertz CT molecular complexity index is 1600. The average Bonchev–Trinajstić information content (AvgIpc) is 3.62. The summed E-state index contributed by atoms with van der Waals surface area (Å²) in [5, 5.41) is 8.51. The topological polar surface area (TPSA) is 132 Å². The van der Waals surface area contributed by atoms with Crippen molar-refractivity contribution in [2.75, 3.05) is 17.6 Å². The predicted octanol–water partition coefficient (Wildman–Crippen LogP) is 3.98. The van der Waals surface area contributed by atoms with Gasteiger partial charge in [0.05, 0.1) is 17.5 Å². The number of fused-ring (bicyclic) bond motifs is 3. The summed E-state index contributed by atoms with van der Waals surface area (Å²) in [7, 11) is 0. The van der Waals surface area contributed by atoms with Crippen LogP contribution in [0.1, 0.15) is 34.8 Å². The van der Waals surface area contributed by atoms with Crippen LogP contribution < -0.4 is 11.1 Å². The number of aryl methyl sites for hydroxylation is 1. The lowest BCUT2D eigenvalue weighted by molar-refractivity contribution is -0.128. The van der Waals surface area contributed by atoms with E-state index in [0.29, 0.717) is 43.7 Å². The first kappa shape index (κ1) is 24.5. The van der Waals surface area contributed by atoms with Crippen LogP contribution in [-0.4, -0.2) is 54.0 Å². The number of nitrogen functional groups attached to an aromatic ring is 1. The predicted molar refractivity (Wildman–Crippen MR) is 152 cm³/mol. The van der Waals surface area contributed by atoms with Crippen LogP contribution in [0.5, 0.6) is 0 Å². The van der Waals surface area contributed by atoms with E-state index in [0.717, 1.165) is 30.5 Å². The van der Waals surface area contributed by atoms with Gasteiger partial charge in [0.2, 0.25) is 5.91 Å². The van der Waals surface area contributed by atoms with Crippen molar-refractivity contribution in [2.45, 2.75) is 31.8 Å². The number of hydrogen-bond acceptors (Lipinski definition) is 7. The summed E-state index contributed by atoms with van der Waals surface area (Å²) >= 11 is 2.05. The van der Waals surface area contributed by atoms with Gasteiger partial charge in [-0.1, -0.05) is 24.8 Å². The Balaban J connectivity index is 1.36. The summed E-state index contributed by atoms with van der Waals surface area (Å²) < 4.78 is 2.45. The molecular formula is C27H25IN8O2. The minimum atomic E-state index is -0.250. The maximum Gasteiger partial charge on any atom is 0.256 e. The van der Waals surface area contributed by atoms with Crippen molar-refractivity contribution >= 4 is 57.1 Å². The molecule has 10 nitrogen and oxygen atoms in total. The molecule has 0 unspecified atom stereocenters. The van der Waals surface area contributed by atoms with Gasteiger partial charge in [-0.25, -0.2) is 19.6 Å². The van der Waals surface area contributed by atoms with E-state index >= 15 is 0 Å². The lowest BCUT2D eigenvalue weighted by Gasteiger charge is -2.32. The van der Waals surface area contributed by atoms with E-state index < -0.39 is 0 Å². The molecule has 4 heterocycles. The number of carbonyl (C=O) groups excluding carboxylic acids is 2. The SMILES string of the molecule is C=CC(=O)N1C[C@@H]2C[C@H]1[C@@H](n1nc(-c3ccc(C(=O)Nc4ncccc4C)cc3)c3c(N)nc(I)nc31)C2. The molecule has 2 fully saturated rings. The molecule has 2 aliphatic rings. The standard InChI is InChI=1S/C27H25IN8O2/c1-3-20(37)35-13-15-11-18(35)19(12-15)36-25-21(23(29)31-27(28)33-25)22(34-36)16-6-8-17(9-7-16)26(38)32-24-14(2)5-4-10-30-24/h3-10,15,18-19H,1,11-13H2,2H3,(H2,29,31,33)(H,30,32,38)/t15-,18+,19+/m1/s1. The molecule has 2 amide bonds. The molecule has 1 aliphatic carbocycles. The monoisotopic (exact) mass is 620 g/mol. The smallest absolute Gasteiger partial charge is 0.256 e. The van der Waals surface area contributed by atoms with Crippen molar-refractivity contribution in [1.29, 1.82) is 0 Å². The van der Waals surface area contributed by atoms with Crippen LogP contribution in [0.25, 0.3) is 22.3 Å². The van der Waals surface area contributed by atoms with E-state index in [1.54, 1.807) is 18.3 Å². The summed E-state index contributed by atoms with van der Waals surface area (Å²) in [6.45, 7) is 6.30. The maximum absolute atomic E-state index is 12.8. The molecule has 4 aromatic rings. The van der Waals surface area contributed by atoms with Gasteiger partial charge in [0, 0.05) is 46.5 Å². The lowest BCUT2D eigenvalue weighted by Crippen LogP contribution is -2.42. The summed E-state index contributed by atoms with van der Waals surface area (Å²) in [4.78, 5) is 40.5. The van der Waals surface area contributed by atoms with Gasteiger partial charge in [0.25, 0.3) is 5.91 Å². The minimum absolute atomic E-state index is 0.0225. The number of pyridine rings is 1. The van der Waals surface area contributed by atoms with Gasteiger partial charge in [0.15, 0.2) is 9.48 Å². The van der Waals surface area contributed by atoms with Gasteiger partial charge in [-0.05, 0) is 55.5 Å². The maximum atomic E-state index is 12.8. The highest BCUT2D eigenvalue weighted by Gasteiger charge is 2.48. The molecule has 1 aliphatic heterocycles. The van der Waals surface area contributed by atoms with Gasteiger partial charge in [-0.2, -0.15) is 5.10 Å². The zero-order valence-corrected chi connectivity index (χ0v) is 22.8. The van der Waals surface area contributed by atoms with Crippen molar-refractivity contribution in [3.8, 4) is 11.3 Å². The number of anilines is 2. The number of hydrogen-bond donors (Lipinski definition) is 2. The highest BCUT2D eigenvalue weighted by atomic mass is 127. The highest BCUT2D eigenvalue weighted by Crippen LogP contribution is 2.46. The molecule has 1 saturated carbocycles. The van der Waals surface area contributed by atoms with Gasteiger partial charge >= 0.3 is 0 Å². The Morgan fingerprint density at radius 1 is 1.16 bits per heavy atom. The lowest BCUT2D eigenvalue weighted by atomic mass is 10.1. The molecule has 3 N–H and O–H groups in total. The van der Waals surface area contributed by atoms with Gasteiger partial charge in [-0.3, -0.25) is 9.59 Å². The first-order valence-corrected chi connectivity index (χ1v) is 13.4. The third-order valence-corrected chi connectivity index (χ3v) is 7.92. The van der Waals surface area contributed by atoms with Crippen LogP contribution in [0.3, 0.4) is 0 Å². The Hall–Kier alpha value is -3.87. The second kappa shape index (κ2) is 9.46. The summed E-state index contributed by atoms with van der Waals surface area (Å²) in [6, 6.07) is 10.9. The molecule has 38 heavy (non-hydrogen) atoms. The van der Waals surface area contributed by atoms with Crippen LogP contribution in [0, 0.1) is 16.7 Å². The van der Waals surface area contributed by atoms with E-state index in [2.05, 4.69) is 44.5 Å². The second-order valence-electron chi connectivity index (χ2n) is 9.74. The molecule has 192 valence electrons. The fraction of sp³-hybridized carbons (Fsp3) is 0.259. The Labute approximate surface area is 232 Å². The zero-order valence-electron chi connectivity index (χ0n) is 20.6. The Kier molecular flexibility index (Phi) is 6.09. The largest absolute Gasteiger partial charge is 0.383 e.